The lowest BCUT2D eigenvalue weighted by atomic mass is 10.2. The highest BCUT2D eigenvalue weighted by atomic mass is 32.2. The Morgan fingerprint density at radius 3 is 2.80 bits per heavy atom. The van der Waals surface area contributed by atoms with E-state index in [9.17, 15) is 13.2 Å². The zero-order chi connectivity index (χ0) is 18.0. The van der Waals surface area contributed by atoms with Crippen molar-refractivity contribution in [3.05, 3.63) is 48.0 Å². The number of sulfonamides is 1. The lowest BCUT2D eigenvalue weighted by Crippen LogP contribution is -2.49. The van der Waals surface area contributed by atoms with Crippen molar-refractivity contribution in [1.29, 1.82) is 0 Å². The molecule has 25 heavy (non-hydrogen) atoms. The number of aromatic nitrogens is 2. The van der Waals surface area contributed by atoms with Gasteiger partial charge in [0.15, 0.2) is 0 Å². The number of aryl methyl sites for hydroxylation is 1. The van der Waals surface area contributed by atoms with Crippen LogP contribution in [0.5, 0.6) is 0 Å². The maximum Gasteiger partial charge on any atom is 0.339 e. The molecule has 1 unspecified atom stereocenters. The Kier molecular flexibility index (Phi) is 4.89. The molecular formula is C16H20N4O4S. The van der Waals surface area contributed by atoms with Crippen LogP contribution in [0.2, 0.25) is 0 Å². The lowest BCUT2D eigenvalue weighted by molar-refractivity contribution is 0.0596. The molecule has 1 aromatic heterocycles. The maximum atomic E-state index is 13.3. The number of nitrogens with zero attached hydrogens (tertiary/aromatic N) is 3. The summed E-state index contributed by atoms with van der Waals surface area (Å²) in [7, 11) is -0.848. The number of carbonyl (C=O) groups excluding carboxylic acids is 1. The van der Waals surface area contributed by atoms with E-state index in [1.54, 1.807) is 29.1 Å². The zero-order valence-corrected chi connectivity index (χ0v) is 14.9. The molecule has 1 saturated heterocycles. The third-order valence-corrected chi connectivity index (χ3v) is 6.20. The van der Waals surface area contributed by atoms with Crippen molar-refractivity contribution in [3.63, 3.8) is 0 Å². The van der Waals surface area contributed by atoms with Crippen LogP contribution in [0.4, 0.5) is 0 Å². The van der Waals surface area contributed by atoms with E-state index in [4.69, 9.17) is 4.74 Å². The number of esters is 1. The number of piperazine rings is 1. The van der Waals surface area contributed by atoms with E-state index < -0.39 is 22.0 Å². The number of nitrogens with one attached hydrogen (secondary N) is 1. The molecule has 0 aliphatic carbocycles. The van der Waals surface area contributed by atoms with Gasteiger partial charge in [-0.3, -0.25) is 0 Å². The van der Waals surface area contributed by atoms with Crippen molar-refractivity contribution >= 4 is 16.0 Å². The smallest absolute Gasteiger partial charge is 0.339 e. The highest BCUT2D eigenvalue weighted by Gasteiger charge is 2.38. The Morgan fingerprint density at radius 2 is 2.12 bits per heavy atom. The van der Waals surface area contributed by atoms with Gasteiger partial charge in [0, 0.05) is 39.1 Å². The van der Waals surface area contributed by atoms with Crippen LogP contribution in [0.1, 0.15) is 22.2 Å². The fourth-order valence-corrected chi connectivity index (χ4v) is 4.76. The van der Waals surface area contributed by atoms with Crippen molar-refractivity contribution < 1.29 is 17.9 Å². The van der Waals surface area contributed by atoms with Crippen molar-refractivity contribution in [2.24, 2.45) is 7.05 Å². The molecule has 0 spiro atoms. The van der Waals surface area contributed by atoms with Gasteiger partial charge in [-0.25, -0.2) is 18.2 Å². The number of rotatable bonds is 4. The number of imidazole rings is 1. The second-order valence-corrected chi connectivity index (χ2v) is 7.58. The first-order valence-corrected chi connectivity index (χ1v) is 9.28. The van der Waals surface area contributed by atoms with E-state index in [2.05, 4.69) is 10.3 Å². The van der Waals surface area contributed by atoms with Crippen LogP contribution in [-0.2, 0) is 21.8 Å². The summed E-state index contributed by atoms with van der Waals surface area (Å²) in [5, 5.41) is 3.20. The topological polar surface area (TPSA) is 93.5 Å². The number of ether oxygens (including phenoxy) is 1. The van der Waals surface area contributed by atoms with Gasteiger partial charge < -0.3 is 14.6 Å². The molecule has 3 rings (SSSR count). The van der Waals surface area contributed by atoms with Gasteiger partial charge >= 0.3 is 5.97 Å². The number of carbonyl (C=O) groups is 1. The first-order chi connectivity index (χ1) is 12.0. The summed E-state index contributed by atoms with van der Waals surface area (Å²) in [5.41, 5.74) is 0.0297. The Hall–Kier alpha value is -2.23. The predicted molar refractivity (Wildman–Crippen MR) is 90.5 cm³/mol. The minimum absolute atomic E-state index is 0.0297. The molecule has 8 nitrogen and oxygen atoms in total. The molecule has 1 fully saturated rings. The summed E-state index contributed by atoms with van der Waals surface area (Å²) in [6.45, 7) is 1.26. The maximum absolute atomic E-state index is 13.3. The molecule has 1 aromatic carbocycles. The molecule has 2 heterocycles. The first kappa shape index (κ1) is 17.6. The third-order valence-electron chi connectivity index (χ3n) is 4.23. The highest BCUT2D eigenvalue weighted by Crippen LogP contribution is 2.29. The Bertz CT molecular complexity index is 878. The van der Waals surface area contributed by atoms with Crippen molar-refractivity contribution in [1.82, 2.24) is 19.2 Å². The number of hydrogen-bond donors (Lipinski definition) is 1. The average Bonchev–Trinajstić information content (AvgIpc) is 3.07. The van der Waals surface area contributed by atoms with Crippen molar-refractivity contribution in [2.45, 2.75) is 10.9 Å². The molecule has 1 N–H and O–H groups in total. The van der Waals surface area contributed by atoms with Gasteiger partial charge in [-0.1, -0.05) is 12.1 Å². The molecule has 1 atom stereocenters. The number of hydrogen-bond acceptors (Lipinski definition) is 6. The second kappa shape index (κ2) is 6.95. The summed E-state index contributed by atoms with van der Waals surface area (Å²) in [5.74, 6) is -0.0332. The molecule has 0 radical (unpaired) electrons. The standard InChI is InChI=1S/C16H20N4O4S/c1-19-9-8-18-15(19)13-11-17-7-10-20(13)25(22,23)14-6-4-3-5-12(14)16(21)24-2/h3-6,8-9,13,17H,7,10-11H2,1-2H3. The summed E-state index contributed by atoms with van der Waals surface area (Å²) >= 11 is 0. The molecule has 0 bridgehead atoms. The predicted octanol–water partition coefficient (Wildman–Crippen LogP) is 0.542. The highest BCUT2D eigenvalue weighted by molar-refractivity contribution is 7.89. The summed E-state index contributed by atoms with van der Waals surface area (Å²) in [4.78, 5) is 16.2. The molecular weight excluding hydrogens is 344 g/mol. The van der Waals surface area contributed by atoms with E-state index in [1.165, 1.54) is 23.5 Å². The van der Waals surface area contributed by atoms with E-state index in [1.807, 2.05) is 7.05 Å². The fourth-order valence-electron chi connectivity index (χ4n) is 2.99. The van der Waals surface area contributed by atoms with Crippen LogP contribution in [0, 0.1) is 0 Å². The summed E-state index contributed by atoms with van der Waals surface area (Å²) in [6.07, 6.45) is 3.41. The van der Waals surface area contributed by atoms with Gasteiger partial charge in [0.2, 0.25) is 10.0 Å². The first-order valence-electron chi connectivity index (χ1n) is 7.84. The molecule has 9 heteroatoms. The molecule has 0 saturated carbocycles. The lowest BCUT2D eigenvalue weighted by Gasteiger charge is -2.34. The summed E-state index contributed by atoms with van der Waals surface area (Å²) in [6, 6.07) is 5.64. The van der Waals surface area contributed by atoms with Gasteiger partial charge in [0.05, 0.1) is 23.6 Å². The number of methoxy groups -OCH3 is 1. The third kappa shape index (κ3) is 3.17. The normalized spacial score (nSPS) is 18.9. The van der Waals surface area contributed by atoms with Crippen LogP contribution in [0.15, 0.2) is 41.6 Å². The largest absolute Gasteiger partial charge is 0.465 e. The van der Waals surface area contributed by atoms with Crippen LogP contribution >= 0.6 is 0 Å². The quantitative estimate of drug-likeness (QED) is 0.796. The van der Waals surface area contributed by atoms with Gasteiger partial charge in [0.1, 0.15) is 5.82 Å². The minimum atomic E-state index is -3.90. The van der Waals surface area contributed by atoms with Gasteiger partial charge in [-0.05, 0) is 12.1 Å². The van der Waals surface area contributed by atoms with Gasteiger partial charge in [-0.15, -0.1) is 0 Å². The molecule has 2 aromatic rings. The van der Waals surface area contributed by atoms with Gasteiger partial charge in [-0.2, -0.15) is 4.31 Å². The fraction of sp³-hybridized carbons (Fsp3) is 0.375. The zero-order valence-electron chi connectivity index (χ0n) is 14.0. The van der Waals surface area contributed by atoms with Gasteiger partial charge in [0.25, 0.3) is 0 Å². The Labute approximate surface area is 146 Å². The van der Waals surface area contributed by atoms with E-state index in [0.717, 1.165) is 0 Å². The minimum Gasteiger partial charge on any atom is -0.465 e. The van der Waals surface area contributed by atoms with Crippen molar-refractivity contribution in [2.75, 3.05) is 26.7 Å². The van der Waals surface area contributed by atoms with E-state index >= 15 is 0 Å². The SMILES string of the molecule is COC(=O)c1ccccc1S(=O)(=O)N1CCNCC1c1nccn1C. The van der Waals surface area contributed by atoms with Crippen LogP contribution in [0.3, 0.4) is 0 Å². The van der Waals surface area contributed by atoms with Crippen LogP contribution in [-0.4, -0.2) is 55.0 Å². The monoisotopic (exact) mass is 364 g/mol. The Balaban J connectivity index is 2.07. The Morgan fingerprint density at radius 1 is 1.36 bits per heavy atom. The molecule has 1 aliphatic heterocycles. The van der Waals surface area contributed by atoms with E-state index in [0.29, 0.717) is 18.9 Å². The van der Waals surface area contributed by atoms with E-state index in [-0.39, 0.29) is 17.0 Å². The molecule has 1 aliphatic rings. The second-order valence-electron chi connectivity index (χ2n) is 5.72. The molecule has 134 valence electrons. The van der Waals surface area contributed by atoms with Crippen LogP contribution in [0.25, 0.3) is 0 Å². The average molecular weight is 364 g/mol. The van der Waals surface area contributed by atoms with Crippen LogP contribution < -0.4 is 5.32 Å². The van der Waals surface area contributed by atoms with Crippen molar-refractivity contribution in [3.8, 4) is 0 Å². The number of benzene rings is 1. The molecule has 0 amide bonds. The summed E-state index contributed by atoms with van der Waals surface area (Å²) < 4.78 is 34.5.